The number of hydrogen-bond donors (Lipinski definition) is 6. The zero-order chi connectivity index (χ0) is 14.1. The molecule has 18 heavy (non-hydrogen) atoms. The van der Waals surface area contributed by atoms with Crippen molar-refractivity contribution in [3.63, 3.8) is 0 Å². The van der Waals surface area contributed by atoms with Gasteiger partial charge in [-0.3, -0.25) is 0 Å². The summed E-state index contributed by atoms with van der Waals surface area (Å²) in [5.41, 5.74) is 0. The molecule has 0 aliphatic heterocycles. The standard InChI is InChI=1S/C12H26O6/c1-2-5-8(14)10(16)12(18)11(17)9(15)6-3-4-7-13/h8-18H,2-7H2,1H3/t8-,9+,10-,11-,12+/m1/s1. The summed E-state index contributed by atoms with van der Waals surface area (Å²) in [6.07, 6.45) is -4.70. The Kier molecular flexibility index (Phi) is 9.53. The van der Waals surface area contributed by atoms with Gasteiger partial charge in [0.25, 0.3) is 0 Å². The molecule has 110 valence electrons. The summed E-state index contributed by atoms with van der Waals surface area (Å²) in [5.74, 6) is 0. The first-order valence-electron chi connectivity index (χ1n) is 6.46. The minimum absolute atomic E-state index is 0.00318. The molecule has 0 aliphatic rings. The van der Waals surface area contributed by atoms with E-state index in [1.54, 1.807) is 0 Å². The molecule has 0 aromatic rings. The highest BCUT2D eigenvalue weighted by Crippen LogP contribution is 2.14. The van der Waals surface area contributed by atoms with Crippen molar-refractivity contribution in [2.75, 3.05) is 6.61 Å². The number of hydrogen-bond acceptors (Lipinski definition) is 6. The first-order valence-corrected chi connectivity index (χ1v) is 6.46. The summed E-state index contributed by atoms with van der Waals surface area (Å²) in [5, 5.41) is 56.5. The van der Waals surface area contributed by atoms with Crippen LogP contribution in [0.5, 0.6) is 0 Å². The van der Waals surface area contributed by atoms with Crippen LogP contribution in [-0.4, -0.2) is 67.8 Å². The van der Waals surface area contributed by atoms with Gasteiger partial charge in [0.2, 0.25) is 0 Å². The van der Waals surface area contributed by atoms with Gasteiger partial charge in [0.1, 0.15) is 18.3 Å². The van der Waals surface area contributed by atoms with Gasteiger partial charge in [0.15, 0.2) is 0 Å². The Morgan fingerprint density at radius 3 is 1.67 bits per heavy atom. The fraction of sp³-hybridized carbons (Fsp3) is 1.00. The Balaban J connectivity index is 4.17. The zero-order valence-electron chi connectivity index (χ0n) is 10.8. The Hall–Kier alpha value is -0.240. The molecular formula is C12H26O6. The highest BCUT2D eigenvalue weighted by molar-refractivity contribution is 4.84. The van der Waals surface area contributed by atoms with Crippen molar-refractivity contribution in [1.82, 2.24) is 0 Å². The first kappa shape index (κ1) is 17.8. The maximum Gasteiger partial charge on any atom is 0.111 e. The molecule has 0 saturated carbocycles. The lowest BCUT2D eigenvalue weighted by molar-refractivity contribution is -0.135. The van der Waals surface area contributed by atoms with Crippen LogP contribution < -0.4 is 0 Å². The molecule has 0 aliphatic carbocycles. The smallest absolute Gasteiger partial charge is 0.111 e. The fourth-order valence-corrected chi connectivity index (χ4v) is 1.76. The zero-order valence-corrected chi connectivity index (χ0v) is 10.8. The molecule has 0 radical (unpaired) electrons. The highest BCUT2D eigenvalue weighted by Gasteiger charge is 2.33. The molecule has 0 amide bonds. The number of aliphatic hydroxyl groups excluding tert-OH is 6. The van der Waals surface area contributed by atoms with Crippen LogP contribution >= 0.6 is 0 Å². The van der Waals surface area contributed by atoms with Crippen molar-refractivity contribution in [2.24, 2.45) is 0 Å². The van der Waals surface area contributed by atoms with Crippen LogP contribution in [0.4, 0.5) is 0 Å². The molecule has 0 fully saturated rings. The highest BCUT2D eigenvalue weighted by atomic mass is 16.4. The van der Waals surface area contributed by atoms with Crippen molar-refractivity contribution in [2.45, 2.75) is 69.5 Å². The van der Waals surface area contributed by atoms with E-state index >= 15 is 0 Å². The van der Waals surface area contributed by atoms with E-state index in [4.69, 9.17) is 5.11 Å². The third-order valence-corrected chi connectivity index (χ3v) is 2.98. The summed E-state index contributed by atoms with van der Waals surface area (Å²) in [4.78, 5) is 0. The van der Waals surface area contributed by atoms with Gasteiger partial charge in [-0.15, -0.1) is 0 Å². The summed E-state index contributed by atoms with van der Waals surface area (Å²) in [6, 6.07) is 0. The molecule has 6 nitrogen and oxygen atoms in total. The third-order valence-electron chi connectivity index (χ3n) is 2.98. The number of unbranched alkanes of at least 4 members (excludes halogenated alkanes) is 1. The number of aliphatic hydroxyl groups is 6. The van der Waals surface area contributed by atoms with E-state index in [1.807, 2.05) is 6.92 Å². The van der Waals surface area contributed by atoms with Crippen LogP contribution in [0.15, 0.2) is 0 Å². The van der Waals surface area contributed by atoms with E-state index in [1.165, 1.54) is 0 Å². The lowest BCUT2D eigenvalue weighted by Crippen LogP contribution is -2.49. The Morgan fingerprint density at radius 2 is 1.22 bits per heavy atom. The van der Waals surface area contributed by atoms with Crippen LogP contribution in [-0.2, 0) is 0 Å². The molecule has 0 bridgehead atoms. The minimum atomic E-state index is -1.59. The lowest BCUT2D eigenvalue weighted by atomic mass is 9.95. The van der Waals surface area contributed by atoms with E-state index in [2.05, 4.69) is 0 Å². The van der Waals surface area contributed by atoms with Gasteiger partial charge < -0.3 is 30.6 Å². The minimum Gasteiger partial charge on any atom is -0.396 e. The van der Waals surface area contributed by atoms with Gasteiger partial charge >= 0.3 is 0 Å². The third kappa shape index (κ3) is 6.08. The first-order chi connectivity index (χ1) is 8.45. The van der Waals surface area contributed by atoms with Gasteiger partial charge in [0, 0.05) is 6.61 Å². The Morgan fingerprint density at radius 1 is 0.722 bits per heavy atom. The molecule has 0 spiro atoms. The molecule has 0 heterocycles. The molecule has 0 unspecified atom stereocenters. The summed E-state index contributed by atoms with van der Waals surface area (Å²) >= 11 is 0. The summed E-state index contributed by atoms with van der Waals surface area (Å²) in [7, 11) is 0. The molecule has 5 atom stereocenters. The average molecular weight is 266 g/mol. The molecule has 0 saturated heterocycles. The Labute approximate surface area is 108 Å². The fourth-order valence-electron chi connectivity index (χ4n) is 1.76. The van der Waals surface area contributed by atoms with E-state index in [9.17, 15) is 25.5 Å². The SMILES string of the molecule is CCC[C@@H](O)[C@@H](O)[C@H](O)[C@H](O)[C@@H](O)CCCCO. The number of rotatable bonds is 10. The van der Waals surface area contributed by atoms with E-state index in [0.717, 1.165) is 0 Å². The molecule has 0 rings (SSSR count). The van der Waals surface area contributed by atoms with Gasteiger partial charge in [-0.1, -0.05) is 13.3 Å². The summed E-state index contributed by atoms with van der Waals surface area (Å²) < 4.78 is 0. The van der Waals surface area contributed by atoms with Crippen LogP contribution in [0.25, 0.3) is 0 Å². The quantitative estimate of drug-likeness (QED) is 0.275. The molecule has 6 N–H and O–H groups in total. The van der Waals surface area contributed by atoms with E-state index in [-0.39, 0.29) is 13.0 Å². The van der Waals surface area contributed by atoms with Gasteiger partial charge in [-0.2, -0.15) is 0 Å². The monoisotopic (exact) mass is 266 g/mol. The van der Waals surface area contributed by atoms with Gasteiger partial charge in [-0.25, -0.2) is 0 Å². The Bertz CT molecular complexity index is 201. The second-order valence-electron chi connectivity index (χ2n) is 4.61. The maximum absolute atomic E-state index is 9.64. The van der Waals surface area contributed by atoms with Gasteiger partial charge in [-0.05, 0) is 25.7 Å². The van der Waals surface area contributed by atoms with E-state index in [0.29, 0.717) is 25.7 Å². The van der Waals surface area contributed by atoms with Crippen molar-refractivity contribution in [3.05, 3.63) is 0 Å². The topological polar surface area (TPSA) is 121 Å². The largest absolute Gasteiger partial charge is 0.396 e. The lowest BCUT2D eigenvalue weighted by Gasteiger charge is -2.29. The van der Waals surface area contributed by atoms with Crippen molar-refractivity contribution in [3.8, 4) is 0 Å². The van der Waals surface area contributed by atoms with Gasteiger partial charge in [0.05, 0.1) is 12.2 Å². The second-order valence-corrected chi connectivity index (χ2v) is 4.61. The molecule has 6 heteroatoms. The van der Waals surface area contributed by atoms with Crippen LogP contribution in [0, 0.1) is 0 Å². The summed E-state index contributed by atoms with van der Waals surface area (Å²) in [6.45, 7) is 1.83. The normalized spacial score (nSPS) is 20.2. The average Bonchev–Trinajstić information content (AvgIpc) is 2.36. The van der Waals surface area contributed by atoms with Crippen LogP contribution in [0.3, 0.4) is 0 Å². The van der Waals surface area contributed by atoms with Crippen molar-refractivity contribution < 1.29 is 30.6 Å². The predicted octanol–water partition coefficient (Wildman–Crippen LogP) is -1.25. The predicted molar refractivity (Wildman–Crippen MR) is 65.9 cm³/mol. The molecule has 0 aromatic carbocycles. The maximum atomic E-state index is 9.64. The van der Waals surface area contributed by atoms with Crippen LogP contribution in [0.2, 0.25) is 0 Å². The van der Waals surface area contributed by atoms with E-state index < -0.39 is 30.5 Å². The van der Waals surface area contributed by atoms with Crippen molar-refractivity contribution >= 4 is 0 Å². The van der Waals surface area contributed by atoms with Crippen molar-refractivity contribution in [1.29, 1.82) is 0 Å². The molecular weight excluding hydrogens is 240 g/mol. The van der Waals surface area contributed by atoms with Crippen LogP contribution in [0.1, 0.15) is 39.0 Å². The molecule has 0 aromatic heterocycles. The second kappa shape index (κ2) is 9.66.